The van der Waals surface area contributed by atoms with Crippen LogP contribution in [-0.2, 0) is 0 Å². The summed E-state index contributed by atoms with van der Waals surface area (Å²) in [5.74, 6) is 1.26. The van der Waals surface area contributed by atoms with E-state index in [0.717, 1.165) is 12.2 Å². The standard InChI is InChI=1S/C4H6Cl2S/c5-4(6)1-3(4)2-7/h3,7H,1-2H2/t3-/m1/s1. The Hall–Kier alpha value is 0.930. The lowest BCUT2D eigenvalue weighted by Crippen LogP contribution is -1.89. The second-order valence-corrected chi connectivity index (χ2v) is 3.75. The van der Waals surface area contributed by atoms with Crippen LogP contribution in [-0.4, -0.2) is 10.1 Å². The summed E-state index contributed by atoms with van der Waals surface area (Å²) in [5, 5.41) is 0. The van der Waals surface area contributed by atoms with Gasteiger partial charge >= 0.3 is 0 Å². The molecule has 0 amide bonds. The van der Waals surface area contributed by atoms with Crippen LogP contribution in [0.5, 0.6) is 0 Å². The first-order valence-corrected chi connectivity index (χ1v) is 3.54. The molecular formula is C4H6Cl2S. The lowest BCUT2D eigenvalue weighted by Gasteiger charge is -1.89. The maximum atomic E-state index is 5.62. The van der Waals surface area contributed by atoms with Crippen molar-refractivity contribution in [1.29, 1.82) is 0 Å². The molecule has 0 aromatic heterocycles. The van der Waals surface area contributed by atoms with E-state index >= 15 is 0 Å². The first kappa shape index (κ1) is 6.06. The molecule has 0 saturated heterocycles. The van der Waals surface area contributed by atoms with Crippen LogP contribution in [0.25, 0.3) is 0 Å². The topological polar surface area (TPSA) is 0 Å². The molecule has 0 N–H and O–H groups in total. The number of alkyl halides is 2. The number of hydrogen-bond acceptors (Lipinski definition) is 1. The van der Waals surface area contributed by atoms with Crippen LogP contribution >= 0.6 is 35.8 Å². The lowest BCUT2D eigenvalue weighted by molar-refractivity contribution is 0.985. The van der Waals surface area contributed by atoms with Crippen LogP contribution in [0.15, 0.2) is 0 Å². The number of rotatable bonds is 1. The van der Waals surface area contributed by atoms with Crippen molar-refractivity contribution in [2.75, 3.05) is 5.75 Å². The van der Waals surface area contributed by atoms with E-state index in [0.29, 0.717) is 5.92 Å². The van der Waals surface area contributed by atoms with Crippen LogP contribution in [0.2, 0.25) is 0 Å². The van der Waals surface area contributed by atoms with Gasteiger partial charge < -0.3 is 0 Å². The van der Waals surface area contributed by atoms with Crippen LogP contribution in [0.3, 0.4) is 0 Å². The van der Waals surface area contributed by atoms with E-state index in [4.69, 9.17) is 23.2 Å². The van der Waals surface area contributed by atoms with Crippen molar-refractivity contribution < 1.29 is 0 Å². The van der Waals surface area contributed by atoms with Gasteiger partial charge in [0.2, 0.25) is 0 Å². The zero-order chi connectivity index (χ0) is 5.49. The summed E-state index contributed by atoms with van der Waals surface area (Å²) < 4.78 is -0.415. The monoisotopic (exact) mass is 156 g/mol. The zero-order valence-corrected chi connectivity index (χ0v) is 6.10. The first-order chi connectivity index (χ1) is 3.17. The Kier molecular flexibility index (Phi) is 1.48. The van der Waals surface area contributed by atoms with Crippen molar-refractivity contribution in [2.45, 2.75) is 10.8 Å². The summed E-state index contributed by atoms with van der Waals surface area (Å²) >= 11 is 15.3. The van der Waals surface area contributed by atoms with Gasteiger partial charge in [0.05, 0.1) is 0 Å². The number of thiol groups is 1. The molecule has 1 atom stereocenters. The fraction of sp³-hybridized carbons (Fsp3) is 1.00. The fourth-order valence-corrected chi connectivity index (χ4v) is 1.65. The third kappa shape index (κ3) is 1.18. The van der Waals surface area contributed by atoms with Crippen LogP contribution in [0.4, 0.5) is 0 Å². The minimum absolute atomic E-state index is 0.415. The van der Waals surface area contributed by atoms with Gasteiger partial charge in [-0.2, -0.15) is 12.6 Å². The molecule has 0 radical (unpaired) electrons. The molecule has 0 unspecified atom stereocenters. The second kappa shape index (κ2) is 1.71. The molecule has 0 heterocycles. The highest BCUT2D eigenvalue weighted by Gasteiger charge is 2.50. The van der Waals surface area contributed by atoms with Crippen molar-refractivity contribution in [2.24, 2.45) is 5.92 Å². The summed E-state index contributed by atoms with van der Waals surface area (Å²) in [6.45, 7) is 0. The van der Waals surface area contributed by atoms with Gasteiger partial charge in [-0.1, -0.05) is 0 Å². The zero-order valence-electron chi connectivity index (χ0n) is 3.69. The summed E-state index contributed by atoms with van der Waals surface area (Å²) in [7, 11) is 0. The fourth-order valence-electron chi connectivity index (χ4n) is 0.468. The summed E-state index contributed by atoms with van der Waals surface area (Å²) in [6, 6.07) is 0. The molecule has 1 rings (SSSR count). The van der Waals surface area contributed by atoms with Gasteiger partial charge in [-0.15, -0.1) is 23.2 Å². The summed E-state index contributed by atoms with van der Waals surface area (Å²) in [4.78, 5) is 0. The highest BCUT2D eigenvalue weighted by Crippen LogP contribution is 2.53. The van der Waals surface area contributed by atoms with Crippen molar-refractivity contribution in [3.05, 3.63) is 0 Å². The molecule has 1 aliphatic rings. The van der Waals surface area contributed by atoms with Gasteiger partial charge in [0.1, 0.15) is 4.33 Å². The highest BCUT2D eigenvalue weighted by molar-refractivity contribution is 7.80. The molecule has 3 heteroatoms. The largest absolute Gasteiger partial charge is 0.179 e. The Balaban J connectivity index is 2.30. The van der Waals surface area contributed by atoms with Crippen molar-refractivity contribution in [3.8, 4) is 0 Å². The Morgan fingerprint density at radius 2 is 2.14 bits per heavy atom. The van der Waals surface area contributed by atoms with Gasteiger partial charge in [-0.05, 0) is 12.2 Å². The number of halogens is 2. The Morgan fingerprint density at radius 3 is 2.14 bits per heavy atom. The molecule has 7 heavy (non-hydrogen) atoms. The quantitative estimate of drug-likeness (QED) is 0.437. The lowest BCUT2D eigenvalue weighted by atomic mass is 10.5. The maximum absolute atomic E-state index is 5.62. The molecule has 0 spiro atoms. The van der Waals surface area contributed by atoms with E-state index in [2.05, 4.69) is 12.6 Å². The van der Waals surface area contributed by atoms with E-state index < -0.39 is 4.33 Å². The molecule has 0 aromatic rings. The minimum Gasteiger partial charge on any atom is -0.179 e. The normalized spacial score (nSPS) is 35.6. The molecule has 0 aliphatic heterocycles. The highest BCUT2D eigenvalue weighted by atomic mass is 35.5. The minimum atomic E-state index is -0.415. The Labute approximate surface area is 58.6 Å². The molecule has 42 valence electrons. The predicted molar refractivity (Wildman–Crippen MR) is 36.4 cm³/mol. The van der Waals surface area contributed by atoms with E-state index in [1.165, 1.54) is 0 Å². The van der Waals surface area contributed by atoms with Crippen LogP contribution < -0.4 is 0 Å². The van der Waals surface area contributed by atoms with Crippen molar-refractivity contribution in [3.63, 3.8) is 0 Å². The third-order valence-electron chi connectivity index (χ3n) is 1.18. The van der Waals surface area contributed by atoms with Gasteiger partial charge in [-0.3, -0.25) is 0 Å². The summed E-state index contributed by atoms with van der Waals surface area (Å²) in [5.41, 5.74) is 0. The first-order valence-electron chi connectivity index (χ1n) is 2.15. The Morgan fingerprint density at radius 1 is 1.71 bits per heavy atom. The van der Waals surface area contributed by atoms with Gasteiger partial charge in [-0.25, -0.2) is 0 Å². The average molecular weight is 157 g/mol. The molecule has 1 saturated carbocycles. The predicted octanol–water partition coefficient (Wildman–Crippen LogP) is 2.11. The third-order valence-corrected chi connectivity index (χ3v) is 2.54. The van der Waals surface area contributed by atoms with Crippen LogP contribution in [0, 0.1) is 5.92 Å². The maximum Gasteiger partial charge on any atom is 0.122 e. The van der Waals surface area contributed by atoms with E-state index in [9.17, 15) is 0 Å². The molecule has 0 aromatic carbocycles. The van der Waals surface area contributed by atoms with Gasteiger partial charge in [0.15, 0.2) is 0 Å². The Bertz CT molecular complexity index is 81.8. The van der Waals surface area contributed by atoms with E-state index in [1.54, 1.807) is 0 Å². The van der Waals surface area contributed by atoms with Crippen molar-refractivity contribution in [1.82, 2.24) is 0 Å². The molecular weight excluding hydrogens is 151 g/mol. The molecule has 0 nitrogen and oxygen atoms in total. The van der Waals surface area contributed by atoms with E-state index in [-0.39, 0.29) is 0 Å². The number of hydrogen-bond donors (Lipinski definition) is 1. The second-order valence-electron chi connectivity index (χ2n) is 1.84. The SMILES string of the molecule is SC[C@H]1CC1(Cl)Cl. The molecule has 0 bridgehead atoms. The summed E-state index contributed by atoms with van der Waals surface area (Å²) in [6.07, 6.45) is 0.916. The molecule has 1 aliphatic carbocycles. The smallest absolute Gasteiger partial charge is 0.122 e. The van der Waals surface area contributed by atoms with Gasteiger partial charge in [0, 0.05) is 5.92 Å². The molecule has 1 fully saturated rings. The average Bonchev–Trinajstić information content (AvgIpc) is 2.13. The van der Waals surface area contributed by atoms with E-state index in [1.807, 2.05) is 0 Å². The van der Waals surface area contributed by atoms with Crippen molar-refractivity contribution >= 4 is 35.8 Å². The van der Waals surface area contributed by atoms with Gasteiger partial charge in [0.25, 0.3) is 0 Å². The van der Waals surface area contributed by atoms with Crippen LogP contribution in [0.1, 0.15) is 6.42 Å².